The average Bonchev–Trinajstić information content (AvgIpc) is 3.79. The lowest BCUT2D eigenvalue weighted by Gasteiger charge is -2.11. The first-order valence-electron chi connectivity index (χ1n) is 18.6. The van der Waals surface area contributed by atoms with E-state index in [2.05, 4.69) is 186 Å². The maximum absolute atomic E-state index is 5.16. The van der Waals surface area contributed by atoms with Gasteiger partial charge >= 0.3 is 0 Å². The van der Waals surface area contributed by atoms with E-state index in [0.717, 1.165) is 44.5 Å². The Labute approximate surface area is 318 Å². The van der Waals surface area contributed by atoms with Crippen molar-refractivity contribution in [1.82, 2.24) is 19.4 Å². The van der Waals surface area contributed by atoms with E-state index >= 15 is 0 Å². The van der Waals surface area contributed by atoms with Crippen LogP contribution in [0, 0.1) is 0 Å². The summed E-state index contributed by atoms with van der Waals surface area (Å²) in [6.45, 7) is 0. The van der Waals surface area contributed by atoms with E-state index in [0.29, 0.717) is 17.5 Å². The number of aromatic nitrogens is 4. The molecule has 4 nitrogen and oxygen atoms in total. The number of hydrogen-bond donors (Lipinski definition) is 0. The smallest absolute Gasteiger partial charge is 0.164 e. The van der Waals surface area contributed by atoms with Crippen molar-refractivity contribution in [2.24, 2.45) is 0 Å². The Hall–Kier alpha value is -7.43. The Bertz CT molecular complexity index is 3100. The highest BCUT2D eigenvalue weighted by Crippen LogP contribution is 2.42. The summed E-state index contributed by atoms with van der Waals surface area (Å²) in [7, 11) is 0. The number of fused-ring (bicyclic) bond motifs is 6. The lowest BCUT2D eigenvalue weighted by Crippen LogP contribution is -2.00. The second-order valence-electron chi connectivity index (χ2n) is 14.1. The van der Waals surface area contributed by atoms with Crippen LogP contribution in [0.3, 0.4) is 0 Å². The summed E-state index contributed by atoms with van der Waals surface area (Å²) in [6.07, 6.45) is 0. The fourth-order valence-electron chi connectivity index (χ4n) is 8.13. The standard InChI is InChI=1S/C51H32N4/c1-3-13-33(14-4-1)35-25-27-36(28-26-35)49-52-50(39-19-11-17-37(29-39)34-15-5-2-6-16-34)54-51(53-49)40-20-12-18-38(30-40)41-31-44-42-21-7-9-23-46(42)55-47-24-10-8-22-43(47)45(32-41)48(44)55/h1-32H. The largest absolute Gasteiger partial charge is 0.308 e. The Balaban J connectivity index is 1.07. The molecule has 0 N–H and O–H groups in total. The molecule has 0 unspecified atom stereocenters. The quantitative estimate of drug-likeness (QED) is 0.173. The first-order valence-corrected chi connectivity index (χ1v) is 18.6. The van der Waals surface area contributed by atoms with Gasteiger partial charge in [0.05, 0.1) is 16.6 Å². The SMILES string of the molecule is c1ccc(-c2ccc(-c3nc(-c4cccc(-c5ccccc5)c4)nc(-c4cccc(-c5cc6c7ccccc7n7c8ccccc8c(c5)c67)c4)n3)cc2)cc1. The number of benzene rings is 8. The zero-order chi connectivity index (χ0) is 36.3. The van der Waals surface area contributed by atoms with Crippen molar-refractivity contribution in [1.29, 1.82) is 0 Å². The second kappa shape index (κ2) is 12.6. The molecule has 0 saturated heterocycles. The van der Waals surface area contributed by atoms with Crippen molar-refractivity contribution in [3.05, 3.63) is 194 Å². The Morgan fingerprint density at radius 3 is 1.18 bits per heavy atom. The van der Waals surface area contributed by atoms with Gasteiger partial charge in [0.25, 0.3) is 0 Å². The molecular weight excluding hydrogens is 669 g/mol. The molecule has 8 aromatic carbocycles. The highest BCUT2D eigenvalue weighted by molar-refractivity contribution is 6.24. The van der Waals surface area contributed by atoms with Crippen LogP contribution in [-0.4, -0.2) is 19.4 Å². The molecule has 0 aliphatic carbocycles. The van der Waals surface area contributed by atoms with Crippen molar-refractivity contribution < 1.29 is 0 Å². The highest BCUT2D eigenvalue weighted by atomic mass is 15.0. The van der Waals surface area contributed by atoms with Crippen molar-refractivity contribution in [3.8, 4) is 67.5 Å². The van der Waals surface area contributed by atoms with E-state index in [4.69, 9.17) is 15.0 Å². The lowest BCUT2D eigenvalue weighted by atomic mass is 9.98. The van der Waals surface area contributed by atoms with E-state index in [-0.39, 0.29) is 0 Å². The van der Waals surface area contributed by atoms with E-state index in [1.807, 2.05) is 12.1 Å². The summed E-state index contributed by atoms with van der Waals surface area (Å²) in [5.74, 6) is 1.90. The molecular formula is C51H32N4. The monoisotopic (exact) mass is 700 g/mol. The first-order chi connectivity index (χ1) is 27.2. The molecule has 11 aromatic rings. The highest BCUT2D eigenvalue weighted by Gasteiger charge is 2.19. The van der Waals surface area contributed by atoms with Gasteiger partial charge in [-0.15, -0.1) is 0 Å². The van der Waals surface area contributed by atoms with Gasteiger partial charge in [-0.05, 0) is 69.8 Å². The van der Waals surface area contributed by atoms with Crippen LogP contribution in [0.25, 0.3) is 106 Å². The lowest BCUT2D eigenvalue weighted by molar-refractivity contribution is 1.07. The van der Waals surface area contributed by atoms with Crippen molar-refractivity contribution >= 4 is 38.1 Å². The van der Waals surface area contributed by atoms with E-state index in [9.17, 15) is 0 Å². The molecule has 0 bridgehead atoms. The zero-order valence-corrected chi connectivity index (χ0v) is 29.8. The average molecular weight is 701 g/mol. The van der Waals surface area contributed by atoms with Gasteiger partial charge < -0.3 is 4.40 Å². The van der Waals surface area contributed by atoms with Crippen LogP contribution in [0.1, 0.15) is 0 Å². The molecule has 0 saturated carbocycles. The summed E-state index contributed by atoms with van der Waals surface area (Å²) in [4.78, 5) is 15.4. The third kappa shape index (κ3) is 5.26. The Morgan fingerprint density at radius 1 is 0.255 bits per heavy atom. The third-order valence-corrected chi connectivity index (χ3v) is 10.8. The Morgan fingerprint density at radius 2 is 0.636 bits per heavy atom. The second-order valence-corrected chi connectivity index (χ2v) is 14.1. The van der Waals surface area contributed by atoms with Crippen LogP contribution < -0.4 is 0 Å². The zero-order valence-electron chi connectivity index (χ0n) is 29.8. The summed E-state index contributed by atoms with van der Waals surface area (Å²) >= 11 is 0. The van der Waals surface area contributed by atoms with Gasteiger partial charge in [0, 0.05) is 38.2 Å². The molecule has 0 atom stereocenters. The number of para-hydroxylation sites is 2. The molecule has 0 aliphatic heterocycles. The summed E-state index contributed by atoms with van der Waals surface area (Å²) in [6, 6.07) is 68.5. The summed E-state index contributed by atoms with van der Waals surface area (Å²) < 4.78 is 2.42. The molecule has 3 aromatic heterocycles. The normalized spacial score (nSPS) is 11.6. The predicted molar refractivity (Wildman–Crippen MR) is 227 cm³/mol. The topological polar surface area (TPSA) is 43.1 Å². The molecule has 0 radical (unpaired) electrons. The van der Waals surface area contributed by atoms with Crippen LogP contribution >= 0.6 is 0 Å². The third-order valence-electron chi connectivity index (χ3n) is 10.8. The van der Waals surface area contributed by atoms with Gasteiger partial charge in [0.1, 0.15) is 0 Å². The molecule has 0 aliphatic rings. The maximum atomic E-state index is 5.16. The molecule has 256 valence electrons. The van der Waals surface area contributed by atoms with Crippen molar-refractivity contribution in [3.63, 3.8) is 0 Å². The molecule has 0 amide bonds. The maximum Gasteiger partial charge on any atom is 0.164 e. The van der Waals surface area contributed by atoms with E-state index in [1.54, 1.807) is 0 Å². The van der Waals surface area contributed by atoms with Gasteiger partial charge in [-0.25, -0.2) is 15.0 Å². The Kier molecular flexibility index (Phi) is 7.14. The van der Waals surface area contributed by atoms with Gasteiger partial charge in [-0.3, -0.25) is 0 Å². The summed E-state index contributed by atoms with van der Waals surface area (Å²) in [5.41, 5.74) is 13.4. The molecule has 4 heteroatoms. The molecule has 11 rings (SSSR count). The van der Waals surface area contributed by atoms with Crippen molar-refractivity contribution in [2.75, 3.05) is 0 Å². The number of nitrogens with zero attached hydrogens (tertiary/aromatic N) is 4. The van der Waals surface area contributed by atoms with Crippen LogP contribution in [-0.2, 0) is 0 Å². The van der Waals surface area contributed by atoms with Crippen molar-refractivity contribution in [2.45, 2.75) is 0 Å². The minimum absolute atomic E-state index is 0.631. The molecule has 55 heavy (non-hydrogen) atoms. The molecule has 0 fully saturated rings. The molecule has 3 heterocycles. The molecule has 0 spiro atoms. The van der Waals surface area contributed by atoms with Crippen LogP contribution in [0.15, 0.2) is 194 Å². The minimum atomic E-state index is 0.631. The predicted octanol–water partition coefficient (Wildman–Crippen LogP) is 13.0. The fourth-order valence-corrected chi connectivity index (χ4v) is 8.13. The van der Waals surface area contributed by atoms with E-state index < -0.39 is 0 Å². The fraction of sp³-hybridized carbons (Fsp3) is 0. The van der Waals surface area contributed by atoms with Gasteiger partial charge in [-0.2, -0.15) is 0 Å². The van der Waals surface area contributed by atoms with Gasteiger partial charge in [0.2, 0.25) is 0 Å². The summed E-state index contributed by atoms with van der Waals surface area (Å²) in [5, 5.41) is 5.03. The van der Waals surface area contributed by atoms with E-state index in [1.165, 1.54) is 43.7 Å². The van der Waals surface area contributed by atoms with Crippen LogP contribution in [0.2, 0.25) is 0 Å². The van der Waals surface area contributed by atoms with Crippen LogP contribution in [0.5, 0.6) is 0 Å². The van der Waals surface area contributed by atoms with Gasteiger partial charge in [0.15, 0.2) is 17.5 Å². The number of hydrogen-bond acceptors (Lipinski definition) is 3. The van der Waals surface area contributed by atoms with Gasteiger partial charge in [-0.1, -0.05) is 158 Å². The first kappa shape index (κ1) is 31.1. The number of rotatable bonds is 6. The minimum Gasteiger partial charge on any atom is -0.308 e. The van der Waals surface area contributed by atoms with Crippen LogP contribution in [0.4, 0.5) is 0 Å².